The number of nitrogens with one attached hydrogen (secondary N) is 1. The van der Waals surface area contributed by atoms with Gasteiger partial charge in [0.2, 0.25) is 0 Å². The van der Waals surface area contributed by atoms with Crippen LogP contribution in [0.25, 0.3) is 5.69 Å². The number of halogens is 2. The lowest BCUT2D eigenvalue weighted by atomic mass is 10.1. The van der Waals surface area contributed by atoms with E-state index >= 15 is 0 Å². The smallest absolute Gasteiger partial charge is 0.262 e. The fourth-order valence-electron chi connectivity index (χ4n) is 2.38. The fourth-order valence-corrected chi connectivity index (χ4v) is 2.87. The Morgan fingerprint density at radius 1 is 1.18 bits per heavy atom. The number of benzene rings is 1. The van der Waals surface area contributed by atoms with Gasteiger partial charge in [-0.1, -0.05) is 11.6 Å². The number of aromatic nitrogens is 1. The van der Waals surface area contributed by atoms with Crippen molar-refractivity contribution >= 4 is 45.2 Å². The Balaban J connectivity index is 2.35. The van der Waals surface area contributed by atoms with E-state index in [4.69, 9.17) is 17.3 Å². The van der Waals surface area contributed by atoms with Crippen molar-refractivity contribution in [1.82, 2.24) is 9.88 Å². The highest BCUT2D eigenvalue weighted by Crippen LogP contribution is 2.30. The van der Waals surface area contributed by atoms with E-state index in [0.29, 0.717) is 15.2 Å². The molecule has 0 spiro atoms. The molecule has 0 fully saturated rings. The Labute approximate surface area is 138 Å². The summed E-state index contributed by atoms with van der Waals surface area (Å²) in [7, 11) is 0. The molecule has 0 saturated heterocycles. The van der Waals surface area contributed by atoms with Gasteiger partial charge in [-0.3, -0.25) is 24.3 Å². The second-order valence-corrected chi connectivity index (χ2v) is 6.03. The summed E-state index contributed by atoms with van der Waals surface area (Å²) >= 11 is 9.44. The number of carbonyl (C=O) groups is 2. The Hall–Kier alpha value is -2.12. The van der Waals surface area contributed by atoms with Crippen molar-refractivity contribution in [3.05, 3.63) is 54.7 Å². The highest BCUT2D eigenvalue weighted by atomic mass is 79.9. The molecule has 0 saturated carbocycles. The molecule has 3 rings (SSSR count). The number of pyridine rings is 1. The highest BCUT2D eigenvalue weighted by molar-refractivity contribution is 9.10. The molecule has 0 atom stereocenters. The number of hydrogen-bond acceptors (Lipinski definition) is 4. The van der Waals surface area contributed by atoms with Gasteiger partial charge in [-0.2, -0.15) is 0 Å². The zero-order valence-corrected chi connectivity index (χ0v) is 13.6. The maximum atomic E-state index is 12.3. The zero-order valence-electron chi connectivity index (χ0n) is 11.2. The Morgan fingerprint density at radius 3 is 2.50 bits per heavy atom. The predicted molar refractivity (Wildman–Crippen MR) is 85.7 cm³/mol. The molecule has 2 amide bonds. The van der Waals surface area contributed by atoms with Crippen LogP contribution in [0.5, 0.6) is 0 Å². The zero-order chi connectivity index (χ0) is 16.2. The van der Waals surface area contributed by atoms with Crippen LogP contribution in [0.15, 0.2) is 27.5 Å². The van der Waals surface area contributed by atoms with Crippen molar-refractivity contribution in [3.8, 4) is 5.69 Å². The van der Waals surface area contributed by atoms with Gasteiger partial charge in [0.1, 0.15) is 5.82 Å². The average molecular weight is 383 g/mol. The van der Waals surface area contributed by atoms with Gasteiger partial charge in [-0.25, -0.2) is 0 Å². The van der Waals surface area contributed by atoms with E-state index in [2.05, 4.69) is 21.2 Å². The van der Waals surface area contributed by atoms with Crippen LogP contribution in [0.1, 0.15) is 26.3 Å². The monoisotopic (exact) mass is 381 g/mol. The van der Waals surface area contributed by atoms with E-state index in [-0.39, 0.29) is 16.9 Å². The summed E-state index contributed by atoms with van der Waals surface area (Å²) in [5, 5.41) is 2.52. The number of anilines is 1. The van der Waals surface area contributed by atoms with E-state index in [9.17, 15) is 14.4 Å². The van der Waals surface area contributed by atoms with Crippen LogP contribution in [0, 0.1) is 6.92 Å². The molecule has 6 nitrogen and oxygen atoms in total. The third kappa shape index (κ3) is 2.05. The van der Waals surface area contributed by atoms with E-state index in [1.165, 1.54) is 0 Å². The van der Waals surface area contributed by atoms with Crippen LogP contribution in [-0.4, -0.2) is 16.4 Å². The number of fused-ring (bicyclic) bond motifs is 1. The number of amides is 2. The molecule has 0 radical (unpaired) electrons. The molecule has 0 unspecified atom stereocenters. The van der Waals surface area contributed by atoms with E-state index in [0.717, 1.165) is 16.2 Å². The Morgan fingerprint density at radius 2 is 1.86 bits per heavy atom. The first kappa shape index (κ1) is 14.8. The molecular weight excluding hydrogens is 374 g/mol. The summed E-state index contributed by atoms with van der Waals surface area (Å²) in [6.07, 6.45) is 0. The number of nitrogens with zero attached hydrogens (tertiary/aromatic N) is 1. The molecule has 2 heterocycles. The second kappa shape index (κ2) is 4.96. The SMILES string of the molecule is Cc1cc(-n2c(N)c3c(cc2=O)C(=O)NC3=O)cc(Cl)c1Br. The van der Waals surface area contributed by atoms with Gasteiger partial charge in [-0.15, -0.1) is 0 Å². The number of rotatable bonds is 1. The maximum absolute atomic E-state index is 12.3. The molecule has 1 aromatic carbocycles. The first-order valence-electron chi connectivity index (χ1n) is 6.18. The summed E-state index contributed by atoms with van der Waals surface area (Å²) in [5.74, 6) is -1.34. The second-order valence-electron chi connectivity index (χ2n) is 4.83. The average Bonchev–Trinajstić information content (AvgIpc) is 2.71. The first-order chi connectivity index (χ1) is 10.3. The number of nitrogen functional groups attached to an aromatic ring is 1. The molecule has 1 aliphatic heterocycles. The van der Waals surface area contributed by atoms with Crippen molar-refractivity contribution in [1.29, 1.82) is 0 Å². The van der Waals surface area contributed by atoms with Crippen LogP contribution in [0.3, 0.4) is 0 Å². The third-order valence-electron chi connectivity index (χ3n) is 3.41. The minimum atomic E-state index is -0.624. The van der Waals surface area contributed by atoms with E-state index in [1.807, 2.05) is 6.92 Å². The quantitative estimate of drug-likeness (QED) is 0.738. The van der Waals surface area contributed by atoms with Crippen LogP contribution < -0.4 is 16.6 Å². The topological polar surface area (TPSA) is 94.2 Å². The molecule has 2 aromatic rings. The number of aryl methyl sites for hydroxylation is 1. The van der Waals surface area contributed by atoms with Crippen LogP contribution in [-0.2, 0) is 0 Å². The van der Waals surface area contributed by atoms with Gasteiger partial charge in [-0.05, 0) is 40.5 Å². The molecular formula is C14H9BrClN3O3. The van der Waals surface area contributed by atoms with Gasteiger partial charge < -0.3 is 5.73 Å². The van der Waals surface area contributed by atoms with Gasteiger partial charge in [0.15, 0.2) is 0 Å². The summed E-state index contributed by atoms with van der Waals surface area (Å²) in [5.41, 5.74) is 6.65. The Bertz CT molecular complexity index is 897. The largest absolute Gasteiger partial charge is 0.384 e. The summed E-state index contributed by atoms with van der Waals surface area (Å²) in [6, 6.07) is 4.35. The highest BCUT2D eigenvalue weighted by Gasteiger charge is 2.31. The van der Waals surface area contributed by atoms with Gasteiger partial charge in [0, 0.05) is 10.5 Å². The van der Waals surface area contributed by atoms with Gasteiger partial charge >= 0.3 is 0 Å². The molecule has 22 heavy (non-hydrogen) atoms. The van der Waals surface area contributed by atoms with Crippen LogP contribution in [0.2, 0.25) is 5.02 Å². The van der Waals surface area contributed by atoms with Gasteiger partial charge in [0.25, 0.3) is 17.4 Å². The molecule has 1 aromatic heterocycles. The lowest BCUT2D eigenvalue weighted by Crippen LogP contribution is -2.24. The summed E-state index contributed by atoms with van der Waals surface area (Å²) < 4.78 is 1.86. The molecule has 8 heteroatoms. The van der Waals surface area contributed by atoms with Crippen molar-refractivity contribution in [2.45, 2.75) is 6.92 Å². The third-order valence-corrected chi connectivity index (χ3v) is 4.99. The number of carbonyl (C=O) groups excluding carboxylic acids is 2. The van der Waals surface area contributed by atoms with E-state index in [1.54, 1.807) is 12.1 Å². The summed E-state index contributed by atoms with van der Waals surface area (Å²) in [4.78, 5) is 35.7. The predicted octanol–water partition coefficient (Wildman–Crippen LogP) is 2.03. The van der Waals surface area contributed by atoms with Crippen LogP contribution >= 0.6 is 27.5 Å². The molecule has 1 aliphatic rings. The molecule has 0 aliphatic carbocycles. The van der Waals surface area contributed by atoms with Crippen molar-refractivity contribution in [2.24, 2.45) is 0 Å². The minimum absolute atomic E-state index is 0.00120. The van der Waals surface area contributed by atoms with Crippen molar-refractivity contribution in [2.75, 3.05) is 5.73 Å². The summed E-state index contributed by atoms with van der Waals surface area (Å²) in [6.45, 7) is 1.81. The molecule has 0 bridgehead atoms. The Kier molecular flexibility index (Phi) is 3.34. The number of imide groups is 1. The molecule has 3 N–H and O–H groups in total. The van der Waals surface area contributed by atoms with Crippen LogP contribution in [0.4, 0.5) is 5.82 Å². The van der Waals surface area contributed by atoms with E-state index < -0.39 is 17.4 Å². The first-order valence-corrected chi connectivity index (χ1v) is 7.35. The normalized spacial score (nSPS) is 13.2. The van der Waals surface area contributed by atoms with Crippen molar-refractivity contribution in [3.63, 3.8) is 0 Å². The van der Waals surface area contributed by atoms with Gasteiger partial charge in [0.05, 0.1) is 21.8 Å². The van der Waals surface area contributed by atoms with Crippen molar-refractivity contribution < 1.29 is 9.59 Å². The lowest BCUT2D eigenvalue weighted by Gasteiger charge is -2.13. The number of hydrogen-bond donors (Lipinski definition) is 2. The standard InChI is InChI=1S/C14H9BrClN3O3/c1-5-2-6(3-8(16)11(5)15)19-9(20)4-7-10(12(19)17)14(22)18-13(7)21/h2-4H,17H2,1H3,(H,18,21,22). The molecule has 112 valence electrons. The minimum Gasteiger partial charge on any atom is -0.384 e. The lowest BCUT2D eigenvalue weighted by molar-refractivity contribution is 0.0880. The maximum Gasteiger partial charge on any atom is 0.262 e. The fraction of sp³-hybridized carbons (Fsp3) is 0.0714. The number of nitrogens with two attached hydrogens (primary N) is 1.